The topological polar surface area (TPSA) is 69.7 Å². The van der Waals surface area contributed by atoms with E-state index in [1.54, 1.807) is 13.8 Å². The first-order valence-electron chi connectivity index (χ1n) is 9.90. The Hall–Kier alpha value is -3.21. The maximum atomic E-state index is 14.0. The molecule has 0 saturated heterocycles. The van der Waals surface area contributed by atoms with E-state index in [-0.39, 0.29) is 5.78 Å². The SMILES string of the molecule is COC(=O)[C@H]1[C@H](C(=O)OC)[C@]2(C)C(=O)[C@@]1(C)C(c1ccccc1)=C2c1ccccc1. The second kappa shape index (κ2) is 6.94. The van der Waals surface area contributed by atoms with Crippen molar-refractivity contribution in [3.8, 4) is 0 Å². The van der Waals surface area contributed by atoms with Crippen LogP contribution in [0.15, 0.2) is 60.7 Å². The lowest BCUT2D eigenvalue weighted by Gasteiger charge is -2.39. The maximum absolute atomic E-state index is 14.0. The summed E-state index contributed by atoms with van der Waals surface area (Å²) in [5.41, 5.74) is 0.830. The van der Waals surface area contributed by atoms with Gasteiger partial charge >= 0.3 is 11.9 Å². The van der Waals surface area contributed by atoms with Crippen molar-refractivity contribution in [3.63, 3.8) is 0 Å². The Morgan fingerprint density at radius 2 is 1.03 bits per heavy atom. The zero-order valence-corrected chi connectivity index (χ0v) is 17.5. The second-order valence-corrected chi connectivity index (χ2v) is 8.22. The highest BCUT2D eigenvalue weighted by molar-refractivity contribution is 6.26. The van der Waals surface area contributed by atoms with Crippen molar-refractivity contribution in [2.24, 2.45) is 22.7 Å². The van der Waals surface area contributed by atoms with E-state index in [9.17, 15) is 14.4 Å². The molecule has 0 aliphatic heterocycles. The van der Waals surface area contributed by atoms with Crippen LogP contribution in [0.25, 0.3) is 11.1 Å². The Morgan fingerprint density at radius 3 is 1.33 bits per heavy atom. The number of ether oxygens (including phenoxy) is 2. The van der Waals surface area contributed by atoms with Crippen LogP contribution in [-0.2, 0) is 23.9 Å². The number of benzene rings is 2. The predicted molar refractivity (Wildman–Crippen MR) is 112 cm³/mol. The average Bonchev–Trinajstić information content (AvgIpc) is 3.07. The van der Waals surface area contributed by atoms with Gasteiger partial charge in [0.05, 0.1) is 36.9 Å². The molecule has 4 atom stereocenters. The molecule has 1 saturated carbocycles. The van der Waals surface area contributed by atoms with Gasteiger partial charge in [0, 0.05) is 0 Å². The first-order valence-corrected chi connectivity index (χ1v) is 9.90. The van der Waals surface area contributed by atoms with Gasteiger partial charge in [-0.05, 0) is 36.1 Å². The number of ketones is 1. The maximum Gasteiger partial charge on any atom is 0.310 e. The highest BCUT2D eigenvalue weighted by Gasteiger charge is 2.76. The van der Waals surface area contributed by atoms with Crippen LogP contribution in [-0.4, -0.2) is 31.9 Å². The van der Waals surface area contributed by atoms with Crippen molar-refractivity contribution in [1.29, 1.82) is 0 Å². The largest absolute Gasteiger partial charge is 0.469 e. The molecule has 4 rings (SSSR count). The van der Waals surface area contributed by atoms with Crippen molar-refractivity contribution in [1.82, 2.24) is 0 Å². The third-order valence-electron chi connectivity index (χ3n) is 6.84. The fraction of sp³-hybridized carbons (Fsp3) is 0.320. The van der Waals surface area contributed by atoms with Gasteiger partial charge in [0.1, 0.15) is 0 Å². The standard InChI is InChI=1S/C25H24O5/c1-24-17(15-11-7-5-8-12-15)18(16-13-9-6-10-14-16)25(2,23(24)28)20(22(27)30-4)19(24)21(26)29-3/h5-14,19-20H,1-4H3/t19-,20-,24-,25+/m1/s1. The van der Waals surface area contributed by atoms with Crippen molar-refractivity contribution in [2.75, 3.05) is 14.2 Å². The number of hydrogen-bond acceptors (Lipinski definition) is 5. The molecule has 2 aromatic rings. The van der Waals surface area contributed by atoms with Gasteiger partial charge in [0.25, 0.3) is 0 Å². The number of carbonyl (C=O) groups is 3. The van der Waals surface area contributed by atoms with E-state index < -0.39 is 34.6 Å². The van der Waals surface area contributed by atoms with Crippen molar-refractivity contribution in [2.45, 2.75) is 13.8 Å². The van der Waals surface area contributed by atoms with E-state index in [0.29, 0.717) is 0 Å². The van der Waals surface area contributed by atoms with Gasteiger partial charge in [0.2, 0.25) is 0 Å². The van der Waals surface area contributed by atoms with Gasteiger partial charge in [-0.15, -0.1) is 0 Å². The van der Waals surface area contributed by atoms with Gasteiger partial charge in [0.15, 0.2) is 5.78 Å². The van der Waals surface area contributed by atoms with Gasteiger partial charge in [-0.2, -0.15) is 0 Å². The molecule has 0 aromatic heterocycles. The van der Waals surface area contributed by atoms with Crippen LogP contribution in [0.3, 0.4) is 0 Å². The molecule has 2 aromatic carbocycles. The average molecular weight is 404 g/mol. The van der Waals surface area contributed by atoms with Crippen LogP contribution in [0.4, 0.5) is 0 Å². The molecule has 2 aliphatic rings. The molecule has 154 valence electrons. The Bertz CT molecular complexity index is 972. The number of fused-ring (bicyclic) bond motifs is 2. The Labute approximate surface area is 175 Å². The van der Waals surface area contributed by atoms with Crippen molar-refractivity contribution in [3.05, 3.63) is 71.8 Å². The lowest BCUT2D eigenvalue weighted by Crippen LogP contribution is -2.43. The van der Waals surface area contributed by atoms with Crippen LogP contribution < -0.4 is 0 Å². The molecule has 1 fully saturated rings. The Morgan fingerprint density at radius 1 is 0.700 bits per heavy atom. The van der Waals surface area contributed by atoms with Crippen molar-refractivity contribution < 1.29 is 23.9 Å². The summed E-state index contributed by atoms with van der Waals surface area (Å²) >= 11 is 0. The first-order chi connectivity index (χ1) is 14.3. The summed E-state index contributed by atoms with van der Waals surface area (Å²) in [4.78, 5) is 39.9. The molecule has 0 spiro atoms. The summed E-state index contributed by atoms with van der Waals surface area (Å²) in [7, 11) is 2.56. The molecular weight excluding hydrogens is 380 g/mol. The lowest BCUT2D eigenvalue weighted by molar-refractivity contribution is -0.160. The number of hydrogen-bond donors (Lipinski definition) is 0. The molecule has 0 radical (unpaired) electrons. The normalized spacial score (nSPS) is 29.8. The highest BCUT2D eigenvalue weighted by Crippen LogP contribution is 2.71. The van der Waals surface area contributed by atoms with Gasteiger partial charge < -0.3 is 9.47 Å². The third kappa shape index (κ3) is 2.38. The molecule has 2 aliphatic carbocycles. The number of Topliss-reactive ketones (excluding diaryl/α,β-unsaturated/α-hetero) is 1. The van der Waals surface area contributed by atoms with Gasteiger partial charge in [-0.1, -0.05) is 60.7 Å². The number of allylic oxidation sites excluding steroid dienone is 2. The van der Waals surface area contributed by atoms with E-state index in [0.717, 1.165) is 22.3 Å². The lowest BCUT2D eigenvalue weighted by atomic mass is 9.62. The molecule has 0 N–H and O–H groups in total. The third-order valence-corrected chi connectivity index (χ3v) is 6.84. The summed E-state index contributed by atoms with van der Waals surface area (Å²) in [5, 5.41) is 0. The predicted octanol–water partition coefficient (Wildman–Crippen LogP) is 3.78. The van der Waals surface area contributed by atoms with E-state index >= 15 is 0 Å². The van der Waals surface area contributed by atoms with Gasteiger partial charge in [-0.25, -0.2) is 0 Å². The molecular formula is C25H24O5. The Kier molecular flexibility index (Phi) is 4.64. The number of esters is 2. The summed E-state index contributed by atoms with van der Waals surface area (Å²) in [6.45, 7) is 3.52. The minimum absolute atomic E-state index is 0.154. The summed E-state index contributed by atoms with van der Waals surface area (Å²) in [6.07, 6.45) is 0. The van der Waals surface area contributed by atoms with Crippen LogP contribution in [0, 0.1) is 22.7 Å². The number of carbonyl (C=O) groups excluding carboxylic acids is 3. The van der Waals surface area contributed by atoms with E-state index in [2.05, 4.69) is 0 Å². The monoisotopic (exact) mass is 404 g/mol. The molecule has 0 unspecified atom stereocenters. The van der Waals surface area contributed by atoms with E-state index in [1.807, 2.05) is 60.7 Å². The summed E-state index contributed by atoms with van der Waals surface area (Å²) in [6, 6.07) is 19.1. The Balaban J connectivity index is 2.12. The molecule has 5 heteroatoms. The fourth-order valence-electron chi connectivity index (χ4n) is 5.64. The smallest absolute Gasteiger partial charge is 0.310 e. The minimum atomic E-state index is -1.22. The van der Waals surface area contributed by atoms with Crippen LogP contribution >= 0.6 is 0 Å². The quantitative estimate of drug-likeness (QED) is 0.726. The molecule has 30 heavy (non-hydrogen) atoms. The molecule has 2 bridgehead atoms. The van der Waals surface area contributed by atoms with Crippen LogP contribution in [0.5, 0.6) is 0 Å². The van der Waals surface area contributed by atoms with Crippen LogP contribution in [0.2, 0.25) is 0 Å². The van der Waals surface area contributed by atoms with E-state index in [1.165, 1.54) is 14.2 Å². The summed E-state index contributed by atoms with van der Waals surface area (Å²) < 4.78 is 10.1. The minimum Gasteiger partial charge on any atom is -0.469 e. The van der Waals surface area contributed by atoms with Gasteiger partial charge in [-0.3, -0.25) is 14.4 Å². The molecule has 0 heterocycles. The summed E-state index contributed by atoms with van der Waals surface area (Å²) in [5.74, 6) is -3.24. The first kappa shape index (κ1) is 20.1. The second-order valence-electron chi connectivity index (χ2n) is 8.22. The highest BCUT2D eigenvalue weighted by atomic mass is 16.5. The molecule has 0 amide bonds. The number of methoxy groups -OCH3 is 2. The fourth-order valence-corrected chi connectivity index (χ4v) is 5.64. The zero-order valence-electron chi connectivity index (χ0n) is 17.5. The number of rotatable bonds is 4. The van der Waals surface area contributed by atoms with E-state index in [4.69, 9.17) is 9.47 Å². The van der Waals surface area contributed by atoms with Crippen molar-refractivity contribution >= 4 is 28.9 Å². The molecule has 5 nitrogen and oxygen atoms in total. The van der Waals surface area contributed by atoms with Crippen LogP contribution in [0.1, 0.15) is 25.0 Å². The zero-order chi connectivity index (χ0) is 21.7.